The van der Waals surface area contributed by atoms with Gasteiger partial charge < -0.3 is 15.4 Å². The van der Waals surface area contributed by atoms with Crippen molar-refractivity contribution < 1.29 is 14.3 Å². The fraction of sp³-hybridized carbons (Fsp3) is 0.130. The molecule has 3 rings (SSSR count). The van der Waals surface area contributed by atoms with Gasteiger partial charge in [-0.3, -0.25) is 9.59 Å². The summed E-state index contributed by atoms with van der Waals surface area (Å²) in [7, 11) is 0. The summed E-state index contributed by atoms with van der Waals surface area (Å²) in [6, 6.07) is 25.7. The molecule has 0 unspecified atom stereocenters. The SMILES string of the molecule is C[C@H](Oc1ccccc1)C(=O)Nc1ccccc1C(=O)NCc1ccccc1. The van der Waals surface area contributed by atoms with Gasteiger partial charge in [-0.2, -0.15) is 0 Å². The van der Waals surface area contributed by atoms with E-state index in [9.17, 15) is 9.59 Å². The standard InChI is InChI=1S/C23H22N2O3/c1-17(28-19-12-6-3-7-13-19)22(26)25-21-15-9-8-14-20(21)23(27)24-16-18-10-4-2-5-11-18/h2-15,17H,16H2,1H3,(H,24,27)(H,25,26)/t17-/m0/s1. The number of carbonyl (C=O) groups excluding carboxylic acids is 2. The Hall–Kier alpha value is -3.60. The predicted molar refractivity (Wildman–Crippen MR) is 109 cm³/mol. The van der Waals surface area contributed by atoms with Crippen LogP contribution in [0.15, 0.2) is 84.9 Å². The maximum atomic E-state index is 12.6. The van der Waals surface area contributed by atoms with Crippen LogP contribution >= 0.6 is 0 Å². The van der Waals surface area contributed by atoms with Gasteiger partial charge in [-0.25, -0.2) is 0 Å². The van der Waals surface area contributed by atoms with Crippen molar-refractivity contribution in [3.63, 3.8) is 0 Å². The molecule has 0 bridgehead atoms. The van der Waals surface area contributed by atoms with Crippen LogP contribution in [-0.2, 0) is 11.3 Å². The second kappa shape index (κ2) is 9.37. The Bertz CT molecular complexity index is 927. The molecule has 28 heavy (non-hydrogen) atoms. The van der Waals surface area contributed by atoms with Crippen molar-refractivity contribution in [1.29, 1.82) is 0 Å². The molecule has 0 radical (unpaired) electrons. The van der Waals surface area contributed by atoms with Crippen LogP contribution in [0.4, 0.5) is 5.69 Å². The highest BCUT2D eigenvalue weighted by Gasteiger charge is 2.18. The molecule has 0 saturated heterocycles. The molecule has 0 aromatic heterocycles. The maximum Gasteiger partial charge on any atom is 0.265 e. The molecule has 1 atom stereocenters. The normalized spacial score (nSPS) is 11.3. The Labute approximate surface area is 164 Å². The summed E-state index contributed by atoms with van der Waals surface area (Å²) in [5.41, 5.74) is 1.85. The third kappa shape index (κ3) is 5.20. The van der Waals surface area contributed by atoms with Crippen molar-refractivity contribution >= 4 is 17.5 Å². The number of hydrogen-bond donors (Lipinski definition) is 2. The number of nitrogens with one attached hydrogen (secondary N) is 2. The summed E-state index contributed by atoms with van der Waals surface area (Å²) in [6.45, 7) is 2.08. The van der Waals surface area contributed by atoms with Crippen molar-refractivity contribution in [3.05, 3.63) is 96.1 Å². The van der Waals surface area contributed by atoms with E-state index in [2.05, 4.69) is 10.6 Å². The summed E-state index contributed by atoms with van der Waals surface area (Å²) in [4.78, 5) is 25.1. The molecular weight excluding hydrogens is 352 g/mol. The van der Waals surface area contributed by atoms with Crippen molar-refractivity contribution in [2.24, 2.45) is 0 Å². The zero-order valence-electron chi connectivity index (χ0n) is 15.6. The molecule has 142 valence electrons. The molecule has 0 fully saturated rings. The van der Waals surface area contributed by atoms with E-state index < -0.39 is 6.10 Å². The number of carbonyl (C=O) groups is 2. The van der Waals surface area contributed by atoms with Gasteiger partial charge in [-0.15, -0.1) is 0 Å². The quantitative estimate of drug-likeness (QED) is 0.656. The first kappa shape index (κ1) is 19.2. The molecular formula is C23H22N2O3. The Morgan fingerprint density at radius 3 is 2.18 bits per heavy atom. The third-order valence-electron chi connectivity index (χ3n) is 4.15. The van der Waals surface area contributed by atoms with Crippen molar-refractivity contribution in [3.8, 4) is 5.75 Å². The number of para-hydroxylation sites is 2. The number of hydrogen-bond acceptors (Lipinski definition) is 3. The maximum absolute atomic E-state index is 12.6. The van der Waals surface area contributed by atoms with Gasteiger partial charge in [0, 0.05) is 6.54 Å². The van der Waals surface area contributed by atoms with E-state index >= 15 is 0 Å². The zero-order chi connectivity index (χ0) is 19.8. The molecule has 0 spiro atoms. The van der Waals surface area contributed by atoms with Crippen LogP contribution in [0.5, 0.6) is 5.75 Å². The number of anilines is 1. The van der Waals surface area contributed by atoms with Crippen LogP contribution in [0.25, 0.3) is 0 Å². The second-order valence-corrected chi connectivity index (χ2v) is 6.28. The van der Waals surface area contributed by atoms with Crippen LogP contribution < -0.4 is 15.4 Å². The lowest BCUT2D eigenvalue weighted by molar-refractivity contribution is -0.122. The fourth-order valence-electron chi connectivity index (χ4n) is 2.65. The summed E-state index contributed by atoms with van der Waals surface area (Å²) in [6.07, 6.45) is -0.706. The van der Waals surface area contributed by atoms with E-state index in [1.807, 2.05) is 48.5 Å². The van der Waals surface area contributed by atoms with Gasteiger partial charge in [0.25, 0.3) is 11.8 Å². The molecule has 0 aliphatic carbocycles. The molecule has 0 aliphatic heterocycles. The van der Waals surface area contributed by atoms with Gasteiger partial charge in [0.1, 0.15) is 5.75 Å². The van der Waals surface area contributed by atoms with E-state index in [-0.39, 0.29) is 11.8 Å². The van der Waals surface area contributed by atoms with Crippen molar-refractivity contribution in [1.82, 2.24) is 5.32 Å². The molecule has 3 aromatic carbocycles. The van der Waals surface area contributed by atoms with Gasteiger partial charge >= 0.3 is 0 Å². The minimum atomic E-state index is -0.706. The third-order valence-corrected chi connectivity index (χ3v) is 4.15. The summed E-state index contributed by atoms with van der Waals surface area (Å²) < 4.78 is 5.64. The van der Waals surface area contributed by atoms with E-state index in [1.165, 1.54) is 0 Å². The average Bonchev–Trinajstić information content (AvgIpc) is 2.74. The second-order valence-electron chi connectivity index (χ2n) is 6.28. The highest BCUT2D eigenvalue weighted by atomic mass is 16.5. The van der Waals surface area contributed by atoms with Crippen molar-refractivity contribution in [2.75, 3.05) is 5.32 Å². The summed E-state index contributed by atoms with van der Waals surface area (Å²) >= 11 is 0. The monoisotopic (exact) mass is 374 g/mol. The van der Waals surface area contributed by atoms with Gasteiger partial charge in [-0.1, -0.05) is 60.7 Å². The Morgan fingerprint density at radius 2 is 1.46 bits per heavy atom. The highest BCUT2D eigenvalue weighted by Crippen LogP contribution is 2.17. The largest absolute Gasteiger partial charge is 0.481 e. The average molecular weight is 374 g/mol. The first-order valence-corrected chi connectivity index (χ1v) is 9.07. The van der Waals surface area contributed by atoms with Crippen LogP contribution in [0.1, 0.15) is 22.8 Å². The first-order chi connectivity index (χ1) is 13.6. The van der Waals surface area contributed by atoms with Gasteiger partial charge in [0.05, 0.1) is 11.3 Å². The van der Waals surface area contributed by atoms with Crippen LogP contribution in [0.3, 0.4) is 0 Å². The van der Waals surface area contributed by atoms with Gasteiger partial charge in [-0.05, 0) is 36.8 Å². The number of ether oxygens (including phenoxy) is 1. The molecule has 0 heterocycles. The smallest absolute Gasteiger partial charge is 0.265 e. The van der Waals surface area contributed by atoms with E-state index in [0.717, 1.165) is 5.56 Å². The lowest BCUT2D eigenvalue weighted by Gasteiger charge is -2.16. The molecule has 0 saturated carbocycles. The number of rotatable bonds is 7. The highest BCUT2D eigenvalue weighted by molar-refractivity contribution is 6.04. The van der Waals surface area contributed by atoms with Crippen LogP contribution in [0, 0.1) is 0 Å². The molecule has 5 heteroatoms. The number of amides is 2. The lowest BCUT2D eigenvalue weighted by Crippen LogP contribution is -2.31. The molecule has 5 nitrogen and oxygen atoms in total. The van der Waals surface area contributed by atoms with E-state index in [0.29, 0.717) is 23.5 Å². The van der Waals surface area contributed by atoms with Crippen LogP contribution in [-0.4, -0.2) is 17.9 Å². The molecule has 0 aliphatic rings. The number of benzene rings is 3. The van der Waals surface area contributed by atoms with Gasteiger partial charge in [0.15, 0.2) is 6.10 Å². The van der Waals surface area contributed by atoms with E-state index in [4.69, 9.17) is 4.74 Å². The molecule has 2 amide bonds. The Morgan fingerprint density at radius 1 is 0.857 bits per heavy atom. The fourth-order valence-corrected chi connectivity index (χ4v) is 2.65. The summed E-state index contributed by atoms with van der Waals surface area (Å²) in [5.74, 6) is 0.0302. The van der Waals surface area contributed by atoms with Crippen LogP contribution in [0.2, 0.25) is 0 Å². The Balaban J connectivity index is 1.64. The van der Waals surface area contributed by atoms with Gasteiger partial charge in [0.2, 0.25) is 0 Å². The molecule has 2 N–H and O–H groups in total. The lowest BCUT2D eigenvalue weighted by atomic mass is 10.1. The predicted octanol–water partition coefficient (Wildman–Crippen LogP) is 4.02. The topological polar surface area (TPSA) is 67.4 Å². The minimum Gasteiger partial charge on any atom is -0.481 e. The minimum absolute atomic E-state index is 0.253. The van der Waals surface area contributed by atoms with E-state index in [1.54, 1.807) is 43.3 Å². The van der Waals surface area contributed by atoms with Crippen molar-refractivity contribution in [2.45, 2.75) is 19.6 Å². The first-order valence-electron chi connectivity index (χ1n) is 9.07. The summed E-state index contributed by atoms with van der Waals surface area (Å²) in [5, 5.41) is 5.66. The zero-order valence-corrected chi connectivity index (χ0v) is 15.6. The molecule has 3 aromatic rings. The Kier molecular flexibility index (Phi) is 6.41.